The third-order valence-corrected chi connectivity index (χ3v) is 3.21. The van der Waals surface area contributed by atoms with E-state index in [0.29, 0.717) is 22.5 Å². The summed E-state index contributed by atoms with van der Waals surface area (Å²) in [5.74, 6) is -1.33. The Kier molecular flexibility index (Phi) is 6.15. The van der Waals surface area contributed by atoms with Crippen molar-refractivity contribution in [3.63, 3.8) is 0 Å². The standard InChI is InChI=1S/C15H22N2O5/c1-6-21-14(19)12-8-13(15(20)22-7-2)10(4)17(9(12)3)16-11(5)18/h6-8H2,1-5H3,(H,16,18). The van der Waals surface area contributed by atoms with Gasteiger partial charge in [-0.1, -0.05) is 0 Å². The van der Waals surface area contributed by atoms with Crippen LogP contribution in [0, 0.1) is 0 Å². The largest absolute Gasteiger partial charge is 0.463 e. The van der Waals surface area contributed by atoms with Crippen LogP contribution in [0.25, 0.3) is 0 Å². The van der Waals surface area contributed by atoms with Crippen LogP contribution in [-0.4, -0.2) is 36.1 Å². The van der Waals surface area contributed by atoms with E-state index < -0.39 is 11.9 Å². The molecule has 0 radical (unpaired) electrons. The van der Waals surface area contributed by atoms with Crippen molar-refractivity contribution in [1.29, 1.82) is 0 Å². The predicted octanol–water partition coefficient (Wildman–Crippen LogP) is 1.42. The maximum Gasteiger partial charge on any atom is 0.336 e. The molecule has 0 saturated carbocycles. The second-order valence-electron chi connectivity index (χ2n) is 4.75. The summed E-state index contributed by atoms with van der Waals surface area (Å²) in [7, 11) is 0. The van der Waals surface area contributed by atoms with Crippen LogP contribution in [0.15, 0.2) is 22.5 Å². The molecule has 22 heavy (non-hydrogen) atoms. The Morgan fingerprint density at radius 2 is 1.41 bits per heavy atom. The highest BCUT2D eigenvalue weighted by Gasteiger charge is 2.31. The molecule has 7 nitrogen and oxygen atoms in total. The second-order valence-corrected chi connectivity index (χ2v) is 4.75. The van der Waals surface area contributed by atoms with E-state index in [2.05, 4.69) is 5.43 Å². The van der Waals surface area contributed by atoms with Crippen LogP contribution >= 0.6 is 0 Å². The summed E-state index contributed by atoms with van der Waals surface area (Å²) in [6.45, 7) is 8.59. The molecule has 0 saturated heterocycles. The normalized spacial score (nSPS) is 14.9. The van der Waals surface area contributed by atoms with Crippen molar-refractivity contribution < 1.29 is 23.9 Å². The van der Waals surface area contributed by atoms with Gasteiger partial charge in [0, 0.05) is 24.7 Å². The molecule has 7 heteroatoms. The van der Waals surface area contributed by atoms with E-state index in [-0.39, 0.29) is 25.5 Å². The first kappa shape index (κ1) is 17.7. The highest BCUT2D eigenvalue weighted by molar-refractivity contribution is 5.96. The molecule has 0 bridgehead atoms. The van der Waals surface area contributed by atoms with Crippen molar-refractivity contribution in [2.24, 2.45) is 0 Å². The molecular formula is C15H22N2O5. The van der Waals surface area contributed by atoms with Gasteiger partial charge in [0.1, 0.15) is 0 Å². The second kappa shape index (κ2) is 7.63. The van der Waals surface area contributed by atoms with Crippen LogP contribution in [0.2, 0.25) is 0 Å². The van der Waals surface area contributed by atoms with Gasteiger partial charge in [-0.25, -0.2) is 9.59 Å². The molecule has 1 aliphatic heterocycles. The molecule has 0 aromatic rings. The number of carbonyl (C=O) groups excluding carboxylic acids is 3. The van der Waals surface area contributed by atoms with Gasteiger partial charge in [-0.2, -0.15) is 0 Å². The van der Waals surface area contributed by atoms with E-state index in [1.165, 1.54) is 11.9 Å². The molecule has 1 heterocycles. The van der Waals surface area contributed by atoms with Gasteiger partial charge in [0.05, 0.1) is 24.4 Å². The van der Waals surface area contributed by atoms with Gasteiger partial charge >= 0.3 is 11.9 Å². The minimum Gasteiger partial charge on any atom is -0.463 e. The molecule has 0 aliphatic carbocycles. The molecule has 0 fully saturated rings. The number of ether oxygens (including phenoxy) is 2. The first-order chi connectivity index (χ1) is 10.3. The van der Waals surface area contributed by atoms with E-state index in [0.717, 1.165) is 0 Å². The van der Waals surface area contributed by atoms with Crippen LogP contribution in [0.1, 0.15) is 41.0 Å². The highest BCUT2D eigenvalue weighted by atomic mass is 16.5. The summed E-state index contributed by atoms with van der Waals surface area (Å²) in [6, 6.07) is 0. The molecule has 122 valence electrons. The van der Waals surface area contributed by atoms with Crippen LogP contribution in [0.5, 0.6) is 0 Å². The Morgan fingerprint density at radius 1 is 1.00 bits per heavy atom. The SMILES string of the molecule is CCOC(=O)C1=C(C)N(NC(C)=O)C(C)=C(C(=O)OCC)C1. The first-order valence-corrected chi connectivity index (χ1v) is 7.14. The fourth-order valence-electron chi connectivity index (χ4n) is 2.16. The number of carbonyl (C=O) groups is 3. The Labute approximate surface area is 129 Å². The average molecular weight is 310 g/mol. The highest BCUT2D eigenvalue weighted by Crippen LogP contribution is 2.30. The smallest absolute Gasteiger partial charge is 0.336 e. The molecule has 1 rings (SSSR count). The first-order valence-electron chi connectivity index (χ1n) is 7.14. The number of esters is 2. The Bertz CT molecular complexity index is 508. The fraction of sp³-hybridized carbons (Fsp3) is 0.533. The van der Waals surface area contributed by atoms with Crippen molar-refractivity contribution >= 4 is 17.8 Å². The monoisotopic (exact) mass is 310 g/mol. The molecule has 0 aromatic carbocycles. The van der Waals surface area contributed by atoms with Gasteiger partial charge in [0.15, 0.2) is 0 Å². The van der Waals surface area contributed by atoms with E-state index in [1.807, 2.05) is 0 Å². The zero-order valence-corrected chi connectivity index (χ0v) is 13.6. The average Bonchev–Trinajstić information content (AvgIpc) is 2.43. The third kappa shape index (κ3) is 3.87. The summed E-state index contributed by atoms with van der Waals surface area (Å²) < 4.78 is 10.0. The number of amides is 1. The fourth-order valence-corrected chi connectivity index (χ4v) is 2.16. The molecule has 0 unspecified atom stereocenters. The van der Waals surface area contributed by atoms with E-state index in [1.54, 1.807) is 27.7 Å². The Balaban J connectivity index is 3.25. The summed E-state index contributed by atoms with van der Waals surface area (Å²) >= 11 is 0. The predicted molar refractivity (Wildman–Crippen MR) is 78.9 cm³/mol. The molecule has 0 atom stereocenters. The lowest BCUT2D eigenvalue weighted by Gasteiger charge is -2.33. The van der Waals surface area contributed by atoms with Crippen molar-refractivity contribution in [2.75, 3.05) is 13.2 Å². The zero-order chi connectivity index (χ0) is 16.9. The van der Waals surface area contributed by atoms with E-state index in [4.69, 9.17) is 9.47 Å². The number of hydrazine groups is 1. The van der Waals surface area contributed by atoms with Gasteiger partial charge in [-0.15, -0.1) is 0 Å². The Morgan fingerprint density at radius 3 is 1.73 bits per heavy atom. The van der Waals surface area contributed by atoms with Gasteiger partial charge < -0.3 is 9.47 Å². The number of hydrogen-bond acceptors (Lipinski definition) is 6. The Hall–Kier alpha value is -2.31. The van der Waals surface area contributed by atoms with Crippen molar-refractivity contribution in [3.05, 3.63) is 22.5 Å². The number of allylic oxidation sites excluding steroid dienone is 2. The summed E-state index contributed by atoms with van der Waals surface area (Å²) in [5.41, 5.74) is 4.30. The topological polar surface area (TPSA) is 84.9 Å². The maximum absolute atomic E-state index is 12.1. The minimum absolute atomic E-state index is 0.116. The lowest BCUT2D eigenvalue weighted by molar-refractivity contribution is -0.140. The lowest BCUT2D eigenvalue weighted by Crippen LogP contribution is -2.42. The molecular weight excluding hydrogens is 288 g/mol. The van der Waals surface area contributed by atoms with Gasteiger partial charge in [-0.05, 0) is 27.7 Å². The number of rotatable bonds is 5. The quantitative estimate of drug-likeness (QED) is 0.773. The van der Waals surface area contributed by atoms with Crippen LogP contribution in [-0.2, 0) is 23.9 Å². The summed E-state index contributed by atoms with van der Waals surface area (Å²) in [6.07, 6.45) is 0.116. The summed E-state index contributed by atoms with van der Waals surface area (Å²) in [5, 5.41) is 1.42. The zero-order valence-electron chi connectivity index (χ0n) is 13.6. The number of hydrogen-bond donors (Lipinski definition) is 1. The lowest BCUT2D eigenvalue weighted by atomic mass is 9.97. The third-order valence-electron chi connectivity index (χ3n) is 3.21. The molecule has 1 N–H and O–H groups in total. The van der Waals surface area contributed by atoms with Crippen LogP contribution in [0.4, 0.5) is 0 Å². The van der Waals surface area contributed by atoms with Crippen molar-refractivity contribution in [3.8, 4) is 0 Å². The van der Waals surface area contributed by atoms with Crippen molar-refractivity contribution in [2.45, 2.75) is 41.0 Å². The minimum atomic E-state index is -0.510. The van der Waals surface area contributed by atoms with Crippen LogP contribution in [0.3, 0.4) is 0 Å². The van der Waals surface area contributed by atoms with Gasteiger partial charge in [-0.3, -0.25) is 15.2 Å². The number of nitrogens with zero attached hydrogens (tertiary/aromatic N) is 1. The molecule has 0 spiro atoms. The van der Waals surface area contributed by atoms with Crippen LogP contribution < -0.4 is 5.43 Å². The van der Waals surface area contributed by atoms with Gasteiger partial charge in [0.2, 0.25) is 5.91 Å². The van der Waals surface area contributed by atoms with Crippen molar-refractivity contribution in [1.82, 2.24) is 10.4 Å². The number of nitrogens with one attached hydrogen (secondary N) is 1. The summed E-state index contributed by atoms with van der Waals surface area (Å²) in [4.78, 5) is 35.5. The maximum atomic E-state index is 12.1. The van der Waals surface area contributed by atoms with Gasteiger partial charge in [0.25, 0.3) is 0 Å². The van der Waals surface area contributed by atoms with E-state index in [9.17, 15) is 14.4 Å². The van der Waals surface area contributed by atoms with E-state index >= 15 is 0 Å². The molecule has 1 aliphatic rings. The molecule has 1 amide bonds. The molecule has 0 aromatic heterocycles.